The maximum atomic E-state index is 6.05. The molecule has 3 aromatic rings. The molecule has 0 aliphatic heterocycles. The number of nitrogens with zero attached hydrogens (tertiary/aromatic N) is 2. The number of fused-ring (bicyclic) bond motifs is 1. The number of para-hydroxylation sites is 2. The van der Waals surface area contributed by atoms with Crippen LogP contribution in [-0.2, 0) is 13.5 Å². The van der Waals surface area contributed by atoms with Crippen molar-refractivity contribution in [1.29, 1.82) is 0 Å². The van der Waals surface area contributed by atoms with Crippen LogP contribution in [0.15, 0.2) is 48.5 Å². The fraction of sp³-hybridized carbons (Fsp3) is 0.188. The van der Waals surface area contributed by atoms with E-state index in [0.717, 1.165) is 27.8 Å². The van der Waals surface area contributed by atoms with Crippen molar-refractivity contribution in [2.75, 3.05) is 5.73 Å². The van der Waals surface area contributed by atoms with Crippen LogP contribution in [0, 0.1) is 0 Å². The lowest BCUT2D eigenvalue weighted by molar-refractivity contribution is 0.544. The number of nitrogen functional groups attached to an aromatic ring is 1. The summed E-state index contributed by atoms with van der Waals surface area (Å²) in [5.74, 6) is 5.73. The summed E-state index contributed by atoms with van der Waals surface area (Å²) in [6, 6.07) is 15.9. The zero-order valence-electron chi connectivity index (χ0n) is 12.0. The van der Waals surface area contributed by atoms with Crippen molar-refractivity contribution >= 4 is 16.6 Å². The van der Waals surface area contributed by atoms with Crippen LogP contribution in [0.1, 0.15) is 17.3 Å². The van der Waals surface area contributed by atoms with Crippen molar-refractivity contribution in [3.8, 4) is 0 Å². The first kappa shape index (κ1) is 13.6. The van der Waals surface area contributed by atoms with Gasteiger partial charge in [-0.1, -0.05) is 36.4 Å². The summed E-state index contributed by atoms with van der Waals surface area (Å²) in [5, 5.41) is 5.76. The number of benzene rings is 2. The number of hydrogen-bond acceptors (Lipinski definition) is 4. The molecule has 3 rings (SSSR count). The highest BCUT2D eigenvalue weighted by Crippen LogP contribution is 2.26. The molecule has 5 nitrogen and oxygen atoms in total. The minimum absolute atomic E-state index is 0.0653. The quantitative estimate of drug-likeness (QED) is 0.387. The summed E-state index contributed by atoms with van der Waals surface area (Å²) in [4.78, 5) is 0. The van der Waals surface area contributed by atoms with Gasteiger partial charge in [0.25, 0.3) is 0 Å². The molecule has 1 heterocycles. The molecule has 5 N–H and O–H groups in total. The van der Waals surface area contributed by atoms with Crippen LogP contribution in [-0.4, -0.2) is 9.78 Å². The van der Waals surface area contributed by atoms with Gasteiger partial charge in [-0.2, -0.15) is 5.10 Å². The number of aromatic nitrogens is 2. The number of aryl methyl sites for hydroxylation is 1. The maximum Gasteiger partial charge on any atom is 0.0722 e. The maximum absolute atomic E-state index is 6.05. The number of nitrogens with one attached hydrogen (secondary N) is 1. The Morgan fingerprint density at radius 2 is 1.86 bits per heavy atom. The number of anilines is 1. The van der Waals surface area contributed by atoms with Gasteiger partial charge in [0.2, 0.25) is 0 Å². The molecule has 0 saturated heterocycles. The van der Waals surface area contributed by atoms with Crippen LogP contribution >= 0.6 is 0 Å². The van der Waals surface area contributed by atoms with Crippen LogP contribution in [0.5, 0.6) is 0 Å². The second-order valence-electron chi connectivity index (χ2n) is 5.14. The molecule has 2 aromatic carbocycles. The van der Waals surface area contributed by atoms with Crippen LogP contribution in [0.25, 0.3) is 10.9 Å². The van der Waals surface area contributed by atoms with Gasteiger partial charge in [-0.05, 0) is 17.7 Å². The standard InChI is InChI=1S/C16H19N5/c1-21-16-9-5-3-7-12(16)15(20-21)10-14(19-18)11-6-2-4-8-13(11)17/h2-9,14,19H,10,17-18H2,1H3. The minimum atomic E-state index is -0.0653. The van der Waals surface area contributed by atoms with Crippen LogP contribution in [0.2, 0.25) is 0 Å². The molecule has 108 valence electrons. The van der Waals surface area contributed by atoms with E-state index in [1.54, 1.807) is 0 Å². The molecule has 1 atom stereocenters. The van der Waals surface area contributed by atoms with Crippen molar-refractivity contribution in [2.45, 2.75) is 12.5 Å². The van der Waals surface area contributed by atoms with Gasteiger partial charge in [-0.25, -0.2) is 0 Å². The first-order chi connectivity index (χ1) is 10.2. The van der Waals surface area contributed by atoms with Gasteiger partial charge in [-0.3, -0.25) is 16.0 Å². The van der Waals surface area contributed by atoms with Gasteiger partial charge >= 0.3 is 0 Å². The van der Waals surface area contributed by atoms with Crippen LogP contribution in [0.4, 0.5) is 5.69 Å². The summed E-state index contributed by atoms with van der Waals surface area (Å²) in [6.45, 7) is 0. The first-order valence-electron chi connectivity index (χ1n) is 6.92. The topological polar surface area (TPSA) is 81.9 Å². The molecule has 0 radical (unpaired) electrons. The average molecular weight is 281 g/mol. The molecule has 5 heteroatoms. The van der Waals surface area contributed by atoms with Crippen molar-refractivity contribution in [1.82, 2.24) is 15.2 Å². The normalized spacial score (nSPS) is 12.7. The Morgan fingerprint density at radius 1 is 1.14 bits per heavy atom. The van der Waals surface area contributed by atoms with Crippen LogP contribution < -0.4 is 17.0 Å². The van der Waals surface area contributed by atoms with E-state index >= 15 is 0 Å². The van der Waals surface area contributed by atoms with E-state index < -0.39 is 0 Å². The van der Waals surface area contributed by atoms with Gasteiger partial charge in [0.15, 0.2) is 0 Å². The largest absolute Gasteiger partial charge is 0.398 e. The average Bonchev–Trinajstić information content (AvgIpc) is 2.82. The Bertz CT molecular complexity index is 762. The molecular formula is C16H19N5. The Labute approximate surface area is 123 Å². The highest BCUT2D eigenvalue weighted by molar-refractivity contribution is 5.82. The summed E-state index contributed by atoms with van der Waals surface area (Å²) < 4.78 is 1.90. The lowest BCUT2D eigenvalue weighted by atomic mass is 9.99. The summed E-state index contributed by atoms with van der Waals surface area (Å²) in [5.41, 5.74) is 12.8. The van der Waals surface area contributed by atoms with Gasteiger partial charge in [0.05, 0.1) is 17.3 Å². The Kier molecular flexibility index (Phi) is 3.60. The number of rotatable bonds is 4. The number of hydrazine groups is 1. The SMILES string of the molecule is Cn1nc(CC(NN)c2ccccc2N)c2ccccc21. The molecule has 0 amide bonds. The molecule has 0 saturated carbocycles. The van der Waals surface area contributed by atoms with E-state index in [4.69, 9.17) is 11.6 Å². The fourth-order valence-corrected chi connectivity index (χ4v) is 2.72. The monoisotopic (exact) mass is 281 g/mol. The molecule has 0 spiro atoms. The van der Waals surface area contributed by atoms with E-state index in [2.05, 4.69) is 22.7 Å². The summed E-state index contributed by atoms with van der Waals surface area (Å²) in [7, 11) is 1.95. The Balaban J connectivity index is 1.99. The third-order valence-electron chi connectivity index (χ3n) is 3.80. The Hall–Kier alpha value is -2.37. The molecule has 0 aliphatic rings. The molecule has 21 heavy (non-hydrogen) atoms. The van der Waals surface area contributed by atoms with Gasteiger partial charge < -0.3 is 5.73 Å². The molecule has 0 fully saturated rings. The lowest BCUT2D eigenvalue weighted by Crippen LogP contribution is -2.30. The predicted molar refractivity (Wildman–Crippen MR) is 85.3 cm³/mol. The second-order valence-corrected chi connectivity index (χ2v) is 5.14. The van der Waals surface area contributed by atoms with E-state index in [9.17, 15) is 0 Å². The third-order valence-corrected chi connectivity index (χ3v) is 3.80. The van der Waals surface area contributed by atoms with Gasteiger partial charge in [0.1, 0.15) is 0 Å². The minimum Gasteiger partial charge on any atom is -0.398 e. The second kappa shape index (κ2) is 5.55. The molecule has 0 bridgehead atoms. The van der Waals surface area contributed by atoms with E-state index in [1.165, 1.54) is 0 Å². The van der Waals surface area contributed by atoms with Crippen molar-refractivity contribution < 1.29 is 0 Å². The van der Waals surface area contributed by atoms with Gasteiger partial charge in [-0.15, -0.1) is 0 Å². The first-order valence-corrected chi connectivity index (χ1v) is 6.92. The van der Waals surface area contributed by atoms with Crippen molar-refractivity contribution in [3.05, 3.63) is 59.8 Å². The third kappa shape index (κ3) is 2.49. The zero-order valence-corrected chi connectivity index (χ0v) is 12.0. The van der Waals surface area contributed by atoms with E-state index in [1.807, 2.05) is 48.1 Å². The van der Waals surface area contributed by atoms with E-state index in [-0.39, 0.29) is 6.04 Å². The highest BCUT2D eigenvalue weighted by atomic mass is 15.3. The summed E-state index contributed by atoms with van der Waals surface area (Å²) >= 11 is 0. The lowest BCUT2D eigenvalue weighted by Gasteiger charge is -2.17. The fourth-order valence-electron chi connectivity index (χ4n) is 2.72. The molecule has 1 unspecified atom stereocenters. The number of nitrogens with two attached hydrogens (primary N) is 2. The molecular weight excluding hydrogens is 262 g/mol. The van der Waals surface area contributed by atoms with Gasteiger partial charge in [0, 0.05) is 24.5 Å². The zero-order chi connectivity index (χ0) is 14.8. The predicted octanol–water partition coefficient (Wildman–Crippen LogP) is 1.90. The van der Waals surface area contributed by atoms with E-state index in [0.29, 0.717) is 6.42 Å². The van der Waals surface area contributed by atoms with Crippen molar-refractivity contribution in [2.24, 2.45) is 12.9 Å². The molecule has 1 aromatic heterocycles. The molecule has 0 aliphatic carbocycles. The number of hydrogen-bond donors (Lipinski definition) is 3. The Morgan fingerprint density at radius 3 is 2.62 bits per heavy atom. The smallest absolute Gasteiger partial charge is 0.0722 e. The van der Waals surface area contributed by atoms with Crippen molar-refractivity contribution in [3.63, 3.8) is 0 Å². The summed E-state index contributed by atoms with van der Waals surface area (Å²) in [6.07, 6.45) is 0.687. The highest BCUT2D eigenvalue weighted by Gasteiger charge is 2.17. The van der Waals surface area contributed by atoms with Crippen LogP contribution in [0.3, 0.4) is 0 Å².